The van der Waals surface area contributed by atoms with Crippen molar-refractivity contribution in [1.82, 2.24) is 0 Å². The van der Waals surface area contributed by atoms with Crippen molar-refractivity contribution < 1.29 is 8.81 Å². The van der Waals surface area contributed by atoms with E-state index in [1.165, 1.54) is 6.07 Å². The van der Waals surface area contributed by atoms with E-state index in [4.69, 9.17) is 22.4 Å². The highest BCUT2D eigenvalue weighted by Gasteiger charge is 2.10. The lowest BCUT2D eigenvalue weighted by Crippen LogP contribution is -2.12. The summed E-state index contributed by atoms with van der Waals surface area (Å²) in [6, 6.07) is 8.29. The maximum atomic E-state index is 13.7. The van der Waals surface area contributed by atoms with E-state index in [9.17, 15) is 4.39 Å². The third kappa shape index (κ3) is 2.68. The summed E-state index contributed by atoms with van der Waals surface area (Å²) in [7, 11) is 0. The lowest BCUT2D eigenvalue weighted by atomic mass is 10.1. The number of furan rings is 1. The lowest BCUT2D eigenvalue weighted by molar-refractivity contribution is 0.490. The molecule has 1 heterocycles. The second kappa shape index (κ2) is 5.18. The highest BCUT2D eigenvalue weighted by Crippen LogP contribution is 2.21. The number of anilines is 1. The molecule has 0 fully saturated rings. The molecule has 0 aliphatic heterocycles. The highest BCUT2D eigenvalue weighted by molar-refractivity contribution is 7.80. The van der Waals surface area contributed by atoms with Crippen molar-refractivity contribution in [1.29, 1.82) is 0 Å². The Morgan fingerprint density at radius 3 is 2.78 bits per heavy atom. The van der Waals surface area contributed by atoms with E-state index >= 15 is 0 Å². The zero-order valence-electron chi connectivity index (χ0n) is 9.81. The van der Waals surface area contributed by atoms with Crippen molar-refractivity contribution in [3.8, 4) is 0 Å². The van der Waals surface area contributed by atoms with E-state index in [1.807, 2.05) is 19.1 Å². The largest absolute Gasteiger partial charge is 0.467 e. The zero-order chi connectivity index (χ0) is 13.1. The van der Waals surface area contributed by atoms with Gasteiger partial charge in [0.25, 0.3) is 0 Å². The summed E-state index contributed by atoms with van der Waals surface area (Å²) in [5, 5.41) is 3.13. The molecule has 1 atom stereocenters. The fourth-order valence-corrected chi connectivity index (χ4v) is 1.83. The Balaban J connectivity index is 2.15. The highest BCUT2D eigenvalue weighted by atomic mass is 32.1. The number of nitrogens with two attached hydrogens (primary N) is 1. The van der Waals surface area contributed by atoms with Gasteiger partial charge in [-0.1, -0.05) is 12.2 Å². The van der Waals surface area contributed by atoms with Crippen molar-refractivity contribution in [3.05, 3.63) is 53.7 Å². The molecule has 18 heavy (non-hydrogen) atoms. The van der Waals surface area contributed by atoms with Gasteiger partial charge in [-0.25, -0.2) is 4.39 Å². The van der Waals surface area contributed by atoms with Crippen molar-refractivity contribution in [2.45, 2.75) is 13.0 Å². The summed E-state index contributed by atoms with van der Waals surface area (Å²) in [6.07, 6.45) is 1.60. The molecule has 0 radical (unpaired) electrons. The van der Waals surface area contributed by atoms with Crippen LogP contribution in [0.15, 0.2) is 41.0 Å². The van der Waals surface area contributed by atoms with E-state index in [2.05, 4.69) is 5.32 Å². The normalized spacial score (nSPS) is 12.1. The Hall–Kier alpha value is -1.88. The number of halogens is 1. The minimum Gasteiger partial charge on any atom is -0.467 e. The van der Waals surface area contributed by atoms with E-state index < -0.39 is 5.82 Å². The third-order valence-corrected chi connectivity index (χ3v) is 2.81. The number of thiocarbonyl (C=S) groups is 1. The summed E-state index contributed by atoms with van der Waals surface area (Å²) in [4.78, 5) is 0.0538. The minimum atomic E-state index is -0.431. The fourth-order valence-electron chi connectivity index (χ4n) is 1.66. The van der Waals surface area contributed by atoms with Crippen LogP contribution in [-0.4, -0.2) is 4.99 Å². The third-order valence-electron chi connectivity index (χ3n) is 2.59. The molecular formula is C13H13FN2OS. The molecule has 2 aromatic rings. The predicted octanol–water partition coefficient (Wildman–Crippen LogP) is 3.23. The van der Waals surface area contributed by atoms with Crippen LogP contribution >= 0.6 is 12.2 Å². The maximum absolute atomic E-state index is 13.7. The van der Waals surface area contributed by atoms with Gasteiger partial charge in [0.05, 0.1) is 12.3 Å². The Kier molecular flexibility index (Phi) is 3.62. The van der Waals surface area contributed by atoms with Crippen LogP contribution in [0.1, 0.15) is 24.3 Å². The average molecular weight is 264 g/mol. The van der Waals surface area contributed by atoms with E-state index in [0.717, 1.165) is 5.76 Å². The molecule has 94 valence electrons. The van der Waals surface area contributed by atoms with Gasteiger partial charge in [-0.3, -0.25) is 0 Å². The first-order valence-corrected chi connectivity index (χ1v) is 5.88. The van der Waals surface area contributed by atoms with Crippen LogP contribution in [0.2, 0.25) is 0 Å². The van der Waals surface area contributed by atoms with Gasteiger partial charge in [0.1, 0.15) is 16.6 Å². The topological polar surface area (TPSA) is 51.2 Å². The van der Waals surface area contributed by atoms with Gasteiger partial charge >= 0.3 is 0 Å². The summed E-state index contributed by atoms with van der Waals surface area (Å²) in [5.74, 6) is 0.355. The second-order valence-corrected chi connectivity index (χ2v) is 4.38. The number of benzene rings is 1. The van der Waals surface area contributed by atoms with Crippen LogP contribution in [0, 0.1) is 5.82 Å². The van der Waals surface area contributed by atoms with Crippen molar-refractivity contribution in [2.75, 3.05) is 5.32 Å². The molecule has 5 heteroatoms. The molecule has 1 unspecified atom stereocenters. The van der Waals surface area contributed by atoms with Crippen LogP contribution in [0.5, 0.6) is 0 Å². The monoisotopic (exact) mass is 264 g/mol. The first-order valence-electron chi connectivity index (χ1n) is 5.47. The van der Waals surface area contributed by atoms with Gasteiger partial charge in [-0.2, -0.15) is 0 Å². The SMILES string of the molecule is CC(Nc1ccc(C(N)=S)c(F)c1)c1ccco1. The number of hydrogen-bond acceptors (Lipinski definition) is 3. The first-order chi connectivity index (χ1) is 8.58. The zero-order valence-corrected chi connectivity index (χ0v) is 10.6. The number of rotatable bonds is 4. The molecule has 1 aromatic heterocycles. The van der Waals surface area contributed by atoms with Gasteiger partial charge < -0.3 is 15.5 Å². The number of hydrogen-bond donors (Lipinski definition) is 2. The van der Waals surface area contributed by atoms with Crippen molar-refractivity contribution in [3.63, 3.8) is 0 Å². The van der Waals surface area contributed by atoms with Gasteiger partial charge in [0, 0.05) is 11.3 Å². The van der Waals surface area contributed by atoms with Gasteiger partial charge in [-0.05, 0) is 37.3 Å². The lowest BCUT2D eigenvalue weighted by Gasteiger charge is -2.13. The summed E-state index contributed by atoms with van der Waals surface area (Å²) >= 11 is 4.75. The second-order valence-electron chi connectivity index (χ2n) is 3.94. The molecule has 3 nitrogen and oxygen atoms in total. The molecule has 0 saturated heterocycles. The molecule has 3 N–H and O–H groups in total. The molecule has 2 rings (SSSR count). The molecular weight excluding hydrogens is 251 g/mol. The first kappa shape index (κ1) is 12.6. The van der Waals surface area contributed by atoms with Crippen LogP contribution in [-0.2, 0) is 0 Å². The van der Waals surface area contributed by atoms with E-state index in [1.54, 1.807) is 18.4 Å². The van der Waals surface area contributed by atoms with E-state index in [0.29, 0.717) is 5.69 Å². The molecule has 1 aromatic carbocycles. The minimum absolute atomic E-state index is 0.0462. The van der Waals surface area contributed by atoms with Crippen LogP contribution in [0.25, 0.3) is 0 Å². The molecule has 0 amide bonds. The van der Waals surface area contributed by atoms with Gasteiger partial charge in [0.2, 0.25) is 0 Å². The van der Waals surface area contributed by atoms with Crippen molar-refractivity contribution >= 4 is 22.9 Å². The molecule has 0 aliphatic rings. The Labute approximate surface area is 110 Å². The van der Waals surface area contributed by atoms with Crippen LogP contribution in [0.4, 0.5) is 10.1 Å². The van der Waals surface area contributed by atoms with Gasteiger partial charge in [-0.15, -0.1) is 0 Å². The average Bonchev–Trinajstić information content (AvgIpc) is 2.81. The fraction of sp³-hybridized carbons (Fsp3) is 0.154. The summed E-state index contributed by atoms with van der Waals surface area (Å²) in [5.41, 5.74) is 6.30. The molecule has 0 bridgehead atoms. The van der Waals surface area contributed by atoms with Gasteiger partial charge in [0.15, 0.2) is 0 Å². The van der Waals surface area contributed by atoms with Crippen molar-refractivity contribution in [2.24, 2.45) is 5.73 Å². The summed E-state index contributed by atoms with van der Waals surface area (Å²) in [6.45, 7) is 1.93. The molecule has 0 aliphatic carbocycles. The molecule has 0 spiro atoms. The summed E-state index contributed by atoms with van der Waals surface area (Å²) < 4.78 is 18.9. The smallest absolute Gasteiger partial charge is 0.135 e. The van der Waals surface area contributed by atoms with Crippen LogP contribution in [0.3, 0.4) is 0 Å². The Bertz CT molecular complexity index is 554. The van der Waals surface area contributed by atoms with Crippen LogP contribution < -0.4 is 11.1 Å². The predicted molar refractivity (Wildman–Crippen MR) is 73.0 cm³/mol. The quantitative estimate of drug-likeness (QED) is 0.832. The Morgan fingerprint density at radius 2 is 2.22 bits per heavy atom. The standard InChI is InChI=1S/C13H13FN2OS/c1-8(12-3-2-6-17-12)16-9-4-5-10(13(15)18)11(14)7-9/h2-8,16H,1H3,(H2,15,18). The Morgan fingerprint density at radius 1 is 1.44 bits per heavy atom. The molecule has 0 saturated carbocycles. The maximum Gasteiger partial charge on any atom is 0.135 e. The number of nitrogens with one attached hydrogen (secondary N) is 1. The van der Waals surface area contributed by atoms with E-state index in [-0.39, 0.29) is 16.6 Å².